The molecule has 0 aliphatic rings. The number of rotatable bonds is 8. The molecule has 0 bridgehead atoms. The summed E-state index contributed by atoms with van der Waals surface area (Å²) >= 11 is 5.89. The van der Waals surface area contributed by atoms with E-state index in [4.69, 9.17) is 11.6 Å². The Morgan fingerprint density at radius 1 is 1.18 bits per heavy atom. The van der Waals surface area contributed by atoms with Gasteiger partial charge in [0.05, 0.1) is 11.1 Å². The molecule has 0 saturated heterocycles. The van der Waals surface area contributed by atoms with Gasteiger partial charge in [-0.25, -0.2) is 19.6 Å². The first kappa shape index (κ1) is 29.9. The minimum Gasteiger partial charge on any atom is -0.504 e. The number of hydrogen-bond acceptors (Lipinski definition) is 6. The molecule has 2 aromatic heterocycles. The fourth-order valence-electron chi connectivity index (χ4n) is 3.66. The van der Waals surface area contributed by atoms with Crippen LogP contribution in [0.15, 0.2) is 41.7 Å². The number of alkyl halides is 3. The molecule has 2 N–H and O–H groups in total. The highest BCUT2D eigenvalue weighted by molar-refractivity contribution is 6.29. The Morgan fingerprint density at radius 3 is 2.51 bits per heavy atom. The van der Waals surface area contributed by atoms with Crippen molar-refractivity contribution in [3.63, 3.8) is 0 Å². The largest absolute Gasteiger partial charge is 0.504 e. The zero-order valence-electron chi connectivity index (χ0n) is 22.3. The average molecular weight is 566 g/mol. The molecule has 0 atom stereocenters. The molecule has 1 amide bonds. The molecular formula is C26H31ClF3N7O2. The third-order valence-electron chi connectivity index (χ3n) is 5.71. The van der Waals surface area contributed by atoms with Crippen LogP contribution >= 0.6 is 11.6 Å². The van der Waals surface area contributed by atoms with Crippen LogP contribution in [0.1, 0.15) is 57.0 Å². The second kappa shape index (κ2) is 12.0. The predicted molar refractivity (Wildman–Crippen MR) is 143 cm³/mol. The van der Waals surface area contributed by atoms with E-state index in [0.29, 0.717) is 18.9 Å². The summed E-state index contributed by atoms with van der Waals surface area (Å²) in [5.41, 5.74) is -1.79. The van der Waals surface area contributed by atoms with E-state index in [1.807, 2.05) is 32.6 Å². The van der Waals surface area contributed by atoms with E-state index in [9.17, 15) is 23.1 Å². The SMILES string of the molecule is CCCN(CCNC(=O)c1ccc(-c2ncn(C(C)(C)C)n2)c(C(F)(F)F)c1)/C(C)=N/c1nc(Cl)ccc1O. The van der Waals surface area contributed by atoms with Gasteiger partial charge in [-0.2, -0.15) is 18.3 Å². The van der Waals surface area contributed by atoms with Crippen molar-refractivity contribution in [3.05, 3.63) is 52.9 Å². The van der Waals surface area contributed by atoms with Crippen LogP contribution in [0.25, 0.3) is 11.4 Å². The maximum Gasteiger partial charge on any atom is 0.417 e. The van der Waals surface area contributed by atoms with E-state index in [1.165, 1.54) is 35.3 Å². The van der Waals surface area contributed by atoms with Crippen molar-refractivity contribution in [2.24, 2.45) is 4.99 Å². The lowest BCUT2D eigenvalue weighted by Gasteiger charge is -2.24. The number of nitrogens with zero attached hydrogens (tertiary/aromatic N) is 6. The summed E-state index contributed by atoms with van der Waals surface area (Å²) in [4.78, 5) is 27.0. The second-order valence-electron chi connectivity index (χ2n) is 9.82. The zero-order valence-corrected chi connectivity index (χ0v) is 23.1. The third kappa shape index (κ3) is 7.69. The summed E-state index contributed by atoms with van der Waals surface area (Å²) in [7, 11) is 0. The van der Waals surface area contributed by atoms with Crippen LogP contribution < -0.4 is 5.32 Å². The fraction of sp³-hybridized carbons (Fsp3) is 0.423. The molecule has 13 heteroatoms. The van der Waals surface area contributed by atoms with Crippen LogP contribution in [0.2, 0.25) is 5.15 Å². The van der Waals surface area contributed by atoms with Crippen molar-refractivity contribution >= 4 is 29.2 Å². The van der Waals surface area contributed by atoms with Crippen LogP contribution in [0.4, 0.5) is 19.0 Å². The molecule has 0 aliphatic heterocycles. The Kier molecular flexibility index (Phi) is 9.21. The van der Waals surface area contributed by atoms with Crippen molar-refractivity contribution in [3.8, 4) is 17.1 Å². The molecular weight excluding hydrogens is 535 g/mol. The summed E-state index contributed by atoms with van der Waals surface area (Å²) in [5, 5.41) is 17.0. The number of aromatic nitrogens is 4. The van der Waals surface area contributed by atoms with Gasteiger partial charge in [0.2, 0.25) is 0 Å². The van der Waals surface area contributed by atoms with Gasteiger partial charge in [0.15, 0.2) is 17.4 Å². The highest BCUT2D eigenvalue weighted by atomic mass is 35.5. The van der Waals surface area contributed by atoms with Gasteiger partial charge in [-0.1, -0.05) is 18.5 Å². The number of aliphatic imine (C=N–C) groups is 1. The molecule has 0 fully saturated rings. The van der Waals surface area contributed by atoms with Crippen LogP contribution in [-0.4, -0.2) is 61.1 Å². The topological polar surface area (TPSA) is 109 Å². The van der Waals surface area contributed by atoms with E-state index in [1.54, 1.807) is 6.92 Å². The van der Waals surface area contributed by atoms with Gasteiger partial charge >= 0.3 is 6.18 Å². The van der Waals surface area contributed by atoms with Crippen molar-refractivity contribution in [2.75, 3.05) is 19.6 Å². The number of halogens is 4. The van der Waals surface area contributed by atoms with Crippen molar-refractivity contribution in [1.29, 1.82) is 0 Å². The monoisotopic (exact) mass is 565 g/mol. The first-order valence-corrected chi connectivity index (χ1v) is 12.7. The van der Waals surface area contributed by atoms with Crippen molar-refractivity contribution in [2.45, 2.75) is 52.8 Å². The molecule has 2 heterocycles. The smallest absolute Gasteiger partial charge is 0.417 e. The van der Waals surface area contributed by atoms with Gasteiger partial charge in [0, 0.05) is 30.8 Å². The molecule has 0 spiro atoms. The number of pyridine rings is 1. The van der Waals surface area contributed by atoms with E-state index in [-0.39, 0.29) is 40.2 Å². The second-order valence-corrected chi connectivity index (χ2v) is 10.2. The summed E-state index contributed by atoms with van der Waals surface area (Å²) in [5.74, 6) is -0.267. The fourth-order valence-corrected chi connectivity index (χ4v) is 3.80. The Hall–Kier alpha value is -3.67. The molecule has 1 aromatic carbocycles. The van der Waals surface area contributed by atoms with Crippen LogP contribution in [0.3, 0.4) is 0 Å². The summed E-state index contributed by atoms with van der Waals surface area (Å²) in [6, 6.07) is 6.17. The third-order valence-corrected chi connectivity index (χ3v) is 5.92. The van der Waals surface area contributed by atoms with E-state index < -0.39 is 23.2 Å². The van der Waals surface area contributed by atoms with Gasteiger partial charge in [0.25, 0.3) is 5.91 Å². The Balaban J connectivity index is 1.75. The Bertz CT molecular complexity index is 1350. The number of amides is 1. The van der Waals surface area contributed by atoms with Gasteiger partial charge in [-0.15, -0.1) is 0 Å². The first-order chi connectivity index (χ1) is 18.2. The predicted octanol–water partition coefficient (Wildman–Crippen LogP) is 5.66. The average Bonchev–Trinajstić information content (AvgIpc) is 3.36. The zero-order chi connectivity index (χ0) is 29.0. The lowest BCUT2D eigenvalue weighted by Crippen LogP contribution is -2.38. The maximum atomic E-state index is 13.9. The Morgan fingerprint density at radius 2 is 1.90 bits per heavy atom. The van der Waals surface area contributed by atoms with Crippen LogP contribution in [0.5, 0.6) is 5.75 Å². The summed E-state index contributed by atoms with van der Waals surface area (Å²) in [6.07, 6.45) is -2.57. The molecule has 3 rings (SSSR count). The van der Waals surface area contributed by atoms with Crippen molar-refractivity contribution in [1.82, 2.24) is 30.0 Å². The van der Waals surface area contributed by atoms with E-state index in [2.05, 4.69) is 25.4 Å². The minimum atomic E-state index is -4.72. The number of amidine groups is 1. The van der Waals surface area contributed by atoms with Crippen LogP contribution in [-0.2, 0) is 11.7 Å². The number of hydrogen-bond donors (Lipinski definition) is 2. The molecule has 0 saturated carbocycles. The number of carbonyl (C=O) groups is 1. The minimum absolute atomic E-state index is 0.0618. The van der Waals surface area contributed by atoms with E-state index >= 15 is 0 Å². The normalized spacial score (nSPS) is 12.5. The number of nitrogens with one attached hydrogen (secondary N) is 1. The molecule has 9 nitrogen and oxygen atoms in total. The van der Waals surface area contributed by atoms with Gasteiger partial charge in [-0.3, -0.25) is 4.79 Å². The highest BCUT2D eigenvalue weighted by Crippen LogP contribution is 2.37. The maximum absolute atomic E-state index is 13.9. The number of aromatic hydroxyl groups is 1. The van der Waals surface area contributed by atoms with Gasteiger partial charge < -0.3 is 15.3 Å². The molecule has 210 valence electrons. The number of carbonyl (C=O) groups excluding carboxylic acids is 1. The molecule has 0 aliphatic carbocycles. The summed E-state index contributed by atoms with van der Waals surface area (Å²) < 4.78 is 43.3. The molecule has 39 heavy (non-hydrogen) atoms. The van der Waals surface area contributed by atoms with Gasteiger partial charge in [0.1, 0.15) is 17.3 Å². The lowest BCUT2D eigenvalue weighted by atomic mass is 10.0. The van der Waals surface area contributed by atoms with Crippen LogP contribution in [0, 0.1) is 0 Å². The van der Waals surface area contributed by atoms with E-state index in [0.717, 1.165) is 12.5 Å². The standard InChI is InChI=1S/C26H31ClF3N7O2/c1-6-12-36(16(2)33-23-20(38)9-10-21(27)34-23)13-11-31-24(39)17-7-8-18(19(14-17)26(28,29)30)22-32-15-37(35-22)25(3,4)5/h7-10,14-15,38H,6,11-13H2,1-5H3,(H,31,39)/b33-16+. The highest BCUT2D eigenvalue weighted by Gasteiger charge is 2.35. The summed E-state index contributed by atoms with van der Waals surface area (Å²) in [6.45, 7) is 10.3. The molecule has 0 radical (unpaired) electrons. The Labute approximate surface area is 229 Å². The lowest BCUT2D eigenvalue weighted by molar-refractivity contribution is -0.137. The molecule has 0 unspecified atom stereocenters. The van der Waals surface area contributed by atoms with Crippen molar-refractivity contribution < 1.29 is 23.1 Å². The number of benzene rings is 1. The first-order valence-electron chi connectivity index (χ1n) is 12.3. The molecule has 3 aromatic rings. The quantitative estimate of drug-likeness (QED) is 0.207. The van der Waals surface area contributed by atoms with Gasteiger partial charge in [-0.05, 0) is 64.4 Å².